The van der Waals surface area contributed by atoms with E-state index in [0.717, 1.165) is 0 Å². The first kappa shape index (κ1) is 15.0. The second kappa shape index (κ2) is 6.85. The molecule has 7 heteroatoms. The Bertz CT molecular complexity index is 727. The molecule has 108 valence electrons. The molecule has 0 radical (unpaired) electrons. The van der Waals surface area contributed by atoms with Gasteiger partial charge in [0.15, 0.2) is 5.78 Å². The number of H-pyrrole nitrogens is 1. The first-order chi connectivity index (χ1) is 10.0. The van der Waals surface area contributed by atoms with Crippen LogP contribution in [0.15, 0.2) is 46.3 Å². The number of nitrogens with zero attached hydrogens (tertiary/aromatic N) is 1. The molecule has 2 rings (SSSR count). The number of rotatable bonds is 5. The Morgan fingerprint density at radius 2 is 2.14 bits per heavy atom. The molecule has 0 aliphatic rings. The highest BCUT2D eigenvalue weighted by molar-refractivity contribution is 7.99. The van der Waals surface area contributed by atoms with Gasteiger partial charge in [-0.05, 0) is 25.1 Å². The van der Waals surface area contributed by atoms with Crippen molar-refractivity contribution < 1.29 is 9.59 Å². The summed E-state index contributed by atoms with van der Waals surface area (Å²) in [5.41, 5.74) is 0.657. The SMILES string of the molecule is CC(=O)c1cccc(NC(=O)CSc2ccnc(=O)[nH]2)c1. The van der Waals surface area contributed by atoms with Crippen LogP contribution in [0.2, 0.25) is 0 Å². The van der Waals surface area contributed by atoms with Gasteiger partial charge in [0, 0.05) is 17.4 Å². The van der Waals surface area contributed by atoms with Gasteiger partial charge in [0.25, 0.3) is 0 Å². The van der Waals surface area contributed by atoms with Crippen LogP contribution in [0.3, 0.4) is 0 Å². The molecule has 1 heterocycles. The van der Waals surface area contributed by atoms with Crippen molar-refractivity contribution in [2.45, 2.75) is 11.9 Å². The van der Waals surface area contributed by atoms with Crippen molar-refractivity contribution in [3.63, 3.8) is 0 Å². The molecular weight excluding hydrogens is 290 g/mol. The third-order valence-corrected chi connectivity index (χ3v) is 3.52. The molecule has 0 spiro atoms. The molecule has 0 saturated carbocycles. The van der Waals surface area contributed by atoms with Gasteiger partial charge < -0.3 is 10.3 Å². The van der Waals surface area contributed by atoms with Gasteiger partial charge in [-0.2, -0.15) is 0 Å². The predicted octanol–water partition coefficient (Wildman–Crippen LogP) is 1.70. The lowest BCUT2D eigenvalue weighted by Gasteiger charge is -2.06. The van der Waals surface area contributed by atoms with Crippen LogP contribution in [-0.4, -0.2) is 27.4 Å². The van der Waals surface area contributed by atoms with E-state index >= 15 is 0 Å². The Morgan fingerprint density at radius 3 is 2.86 bits per heavy atom. The number of hydrogen-bond acceptors (Lipinski definition) is 5. The quantitative estimate of drug-likeness (QED) is 0.498. The minimum Gasteiger partial charge on any atom is -0.325 e. The third kappa shape index (κ3) is 4.57. The van der Waals surface area contributed by atoms with Gasteiger partial charge in [0.2, 0.25) is 5.91 Å². The van der Waals surface area contributed by atoms with E-state index in [9.17, 15) is 14.4 Å². The third-order valence-electron chi connectivity index (χ3n) is 2.56. The van der Waals surface area contributed by atoms with E-state index in [1.165, 1.54) is 24.9 Å². The normalized spacial score (nSPS) is 10.1. The number of aromatic nitrogens is 2. The number of benzene rings is 1. The number of Topliss-reactive ketones (excluding diaryl/α,β-unsaturated/α-hetero) is 1. The standard InChI is InChI=1S/C14H13N3O3S/c1-9(18)10-3-2-4-11(7-10)16-12(19)8-21-13-5-6-15-14(20)17-13/h2-7H,8H2,1H3,(H,16,19)(H,15,17,20). The van der Waals surface area contributed by atoms with Crippen LogP contribution in [-0.2, 0) is 4.79 Å². The second-order valence-corrected chi connectivity index (χ2v) is 5.23. The number of carbonyl (C=O) groups is 2. The van der Waals surface area contributed by atoms with E-state index in [2.05, 4.69) is 15.3 Å². The zero-order chi connectivity index (χ0) is 15.2. The van der Waals surface area contributed by atoms with Gasteiger partial charge in [-0.15, -0.1) is 0 Å². The monoisotopic (exact) mass is 303 g/mol. The minimum atomic E-state index is -0.449. The molecule has 0 aliphatic carbocycles. The topological polar surface area (TPSA) is 91.9 Å². The molecule has 2 N–H and O–H groups in total. The number of carbonyl (C=O) groups excluding carboxylic acids is 2. The van der Waals surface area contributed by atoms with Crippen LogP contribution in [0.5, 0.6) is 0 Å². The zero-order valence-corrected chi connectivity index (χ0v) is 12.1. The van der Waals surface area contributed by atoms with Crippen LogP contribution >= 0.6 is 11.8 Å². The Kier molecular flexibility index (Phi) is 4.89. The van der Waals surface area contributed by atoms with Gasteiger partial charge in [-0.25, -0.2) is 9.78 Å². The van der Waals surface area contributed by atoms with Gasteiger partial charge >= 0.3 is 5.69 Å². The summed E-state index contributed by atoms with van der Waals surface area (Å²) >= 11 is 1.20. The van der Waals surface area contributed by atoms with E-state index < -0.39 is 5.69 Å². The Hall–Kier alpha value is -2.41. The lowest BCUT2D eigenvalue weighted by Crippen LogP contribution is -2.15. The van der Waals surface area contributed by atoms with Crippen LogP contribution < -0.4 is 11.0 Å². The van der Waals surface area contributed by atoms with Crippen molar-refractivity contribution in [3.8, 4) is 0 Å². The molecule has 0 unspecified atom stereocenters. The number of ketones is 1. The summed E-state index contributed by atoms with van der Waals surface area (Å²) in [7, 11) is 0. The van der Waals surface area contributed by atoms with Gasteiger partial charge in [-0.3, -0.25) is 9.59 Å². The fraction of sp³-hybridized carbons (Fsp3) is 0.143. The Balaban J connectivity index is 1.94. The molecule has 0 bridgehead atoms. The van der Waals surface area contributed by atoms with E-state index in [1.54, 1.807) is 30.3 Å². The highest BCUT2D eigenvalue weighted by Crippen LogP contribution is 2.15. The number of anilines is 1. The van der Waals surface area contributed by atoms with E-state index in [1.807, 2.05) is 0 Å². The lowest BCUT2D eigenvalue weighted by molar-refractivity contribution is -0.113. The molecule has 0 saturated heterocycles. The molecular formula is C14H13N3O3S. The fourth-order valence-electron chi connectivity index (χ4n) is 1.59. The summed E-state index contributed by atoms with van der Waals surface area (Å²) in [4.78, 5) is 40.1. The molecule has 2 aromatic rings. The average molecular weight is 303 g/mol. The second-order valence-electron chi connectivity index (χ2n) is 4.21. The van der Waals surface area contributed by atoms with E-state index in [-0.39, 0.29) is 17.4 Å². The van der Waals surface area contributed by atoms with Crippen LogP contribution in [0.4, 0.5) is 5.69 Å². The van der Waals surface area contributed by atoms with E-state index in [0.29, 0.717) is 16.3 Å². The first-order valence-electron chi connectivity index (χ1n) is 6.13. The largest absolute Gasteiger partial charge is 0.345 e. The Morgan fingerprint density at radius 1 is 1.33 bits per heavy atom. The fourth-order valence-corrected chi connectivity index (χ4v) is 2.27. The summed E-state index contributed by atoms with van der Waals surface area (Å²) in [6, 6.07) is 8.35. The Labute approximate surface area is 125 Å². The number of amides is 1. The van der Waals surface area contributed by atoms with Crippen LogP contribution in [0.25, 0.3) is 0 Å². The molecule has 0 fully saturated rings. The molecule has 1 aromatic heterocycles. The number of thioether (sulfide) groups is 1. The smallest absolute Gasteiger partial charge is 0.325 e. The first-order valence-corrected chi connectivity index (χ1v) is 7.12. The molecule has 21 heavy (non-hydrogen) atoms. The van der Waals surface area contributed by atoms with Crippen molar-refractivity contribution in [1.29, 1.82) is 0 Å². The molecule has 1 amide bonds. The summed E-state index contributed by atoms with van der Waals surface area (Å²) < 4.78 is 0. The minimum absolute atomic E-state index is 0.0603. The maximum Gasteiger partial charge on any atom is 0.345 e. The maximum absolute atomic E-state index is 11.8. The van der Waals surface area contributed by atoms with Gasteiger partial charge in [0.1, 0.15) is 0 Å². The maximum atomic E-state index is 11.8. The molecule has 6 nitrogen and oxygen atoms in total. The molecule has 0 aliphatic heterocycles. The highest BCUT2D eigenvalue weighted by Gasteiger charge is 2.06. The lowest BCUT2D eigenvalue weighted by atomic mass is 10.1. The van der Waals surface area contributed by atoms with Gasteiger partial charge in [-0.1, -0.05) is 23.9 Å². The molecule has 0 atom stereocenters. The van der Waals surface area contributed by atoms with Crippen molar-refractivity contribution in [2.75, 3.05) is 11.1 Å². The summed E-state index contributed by atoms with van der Waals surface area (Å²) in [5.74, 6) is -0.141. The summed E-state index contributed by atoms with van der Waals surface area (Å²) in [5, 5.41) is 3.27. The van der Waals surface area contributed by atoms with Crippen LogP contribution in [0, 0.1) is 0 Å². The summed E-state index contributed by atoms with van der Waals surface area (Å²) in [6.07, 6.45) is 1.38. The average Bonchev–Trinajstić information content (AvgIpc) is 2.45. The van der Waals surface area contributed by atoms with Crippen molar-refractivity contribution in [3.05, 3.63) is 52.6 Å². The predicted molar refractivity (Wildman–Crippen MR) is 80.7 cm³/mol. The van der Waals surface area contributed by atoms with E-state index in [4.69, 9.17) is 0 Å². The number of hydrogen-bond donors (Lipinski definition) is 2. The zero-order valence-electron chi connectivity index (χ0n) is 11.3. The number of aromatic amines is 1. The van der Waals surface area contributed by atoms with Crippen molar-refractivity contribution in [2.24, 2.45) is 0 Å². The van der Waals surface area contributed by atoms with Gasteiger partial charge in [0.05, 0.1) is 10.8 Å². The van der Waals surface area contributed by atoms with Crippen LogP contribution in [0.1, 0.15) is 17.3 Å². The highest BCUT2D eigenvalue weighted by atomic mass is 32.2. The number of nitrogens with one attached hydrogen (secondary N) is 2. The van der Waals surface area contributed by atoms with Crippen molar-refractivity contribution >= 4 is 29.1 Å². The summed E-state index contributed by atoms with van der Waals surface area (Å²) in [6.45, 7) is 1.47. The molecule has 1 aromatic carbocycles. The van der Waals surface area contributed by atoms with Crippen molar-refractivity contribution in [1.82, 2.24) is 9.97 Å².